The molecule has 0 N–H and O–H groups in total. The van der Waals surface area contributed by atoms with Gasteiger partial charge in [0.05, 0.1) is 4.47 Å². The normalized spacial score (nSPS) is 15.9. The van der Waals surface area contributed by atoms with Crippen molar-refractivity contribution in [1.82, 2.24) is 4.90 Å². The van der Waals surface area contributed by atoms with Gasteiger partial charge in [-0.05, 0) is 66.2 Å². The van der Waals surface area contributed by atoms with Crippen molar-refractivity contribution in [2.24, 2.45) is 5.92 Å². The average Bonchev–Trinajstić information content (AvgIpc) is 3.06. The molecule has 0 aliphatic heterocycles. The summed E-state index contributed by atoms with van der Waals surface area (Å²) in [4.78, 5) is 2.47. The molecule has 94 valence electrons. The first-order chi connectivity index (χ1) is 8.06. The number of halogens is 2. The Morgan fingerprint density at radius 1 is 1.41 bits per heavy atom. The highest BCUT2D eigenvalue weighted by molar-refractivity contribution is 9.10. The third kappa shape index (κ3) is 3.78. The molecule has 1 saturated carbocycles. The van der Waals surface area contributed by atoms with E-state index in [1.807, 2.05) is 12.1 Å². The van der Waals surface area contributed by atoms with Gasteiger partial charge in [0, 0.05) is 19.1 Å². The van der Waals surface area contributed by atoms with Gasteiger partial charge in [-0.2, -0.15) is 0 Å². The molecule has 0 spiro atoms. The number of nitrogens with zero attached hydrogens (tertiary/aromatic N) is 1. The van der Waals surface area contributed by atoms with Crippen LogP contribution >= 0.6 is 15.9 Å². The Hall–Kier alpha value is -0.410. The zero-order chi connectivity index (χ0) is 12.4. The van der Waals surface area contributed by atoms with E-state index in [9.17, 15) is 4.39 Å². The van der Waals surface area contributed by atoms with Crippen LogP contribution in [-0.2, 0) is 6.54 Å². The van der Waals surface area contributed by atoms with Gasteiger partial charge < -0.3 is 0 Å². The monoisotopic (exact) mass is 299 g/mol. The SMILES string of the molecule is CC(C)N(Cc1ccc(F)c(Br)c1)CC1CC1. The Morgan fingerprint density at radius 2 is 2.12 bits per heavy atom. The number of rotatable bonds is 5. The number of benzene rings is 1. The fraction of sp³-hybridized carbons (Fsp3) is 0.571. The summed E-state index contributed by atoms with van der Waals surface area (Å²) in [5, 5.41) is 0. The molecule has 0 heterocycles. The van der Waals surface area contributed by atoms with Gasteiger partial charge in [-0.25, -0.2) is 4.39 Å². The molecule has 1 fully saturated rings. The standard InChI is InChI=1S/C14H19BrFN/c1-10(2)17(8-11-3-4-11)9-12-5-6-14(16)13(15)7-12/h5-7,10-11H,3-4,8-9H2,1-2H3. The van der Waals surface area contributed by atoms with Gasteiger partial charge in [0.1, 0.15) is 5.82 Å². The maximum absolute atomic E-state index is 13.2. The van der Waals surface area contributed by atoms with Crippen LogP contribution in [0.25, 0.3) is 0 Å². The molecule has 0 radical (unpaired) electrons. The van der Waals surface area contributed by atoms with E-state index in [0.717, 1.165) is 12.5 Å². The summed E-state index contributed by atoms with van der Waals surface area (Å²) in [6.45, 7) is 6.53. The van der Waals surface area contributed by atoms with Crippen LogP contribution in [0.4, 0.5) is 4.39 Å². The molecule has 1 aromatic rings. The molecule has 1 aromatic carbocycles. The van der Waals surface area contributed by atoms with Gasteiger partial charge in [-0.15, -0.1) is 0 Å². The minimum absolute atomic E-state index is 0.188. The van der Waals surface area contributed by atoms with E-state index in [0.29, 0.717) is 10.5 Å². The lowest BCUT2D eigenvalue weighted by Crippen LogP contribution is -2.32. The van der Waals surface area contributed by atoms with Gasteiger partial charge in [0.15, 0.2) is 0 Å². The van der Waals surface area contributed by atoms with Crippen molar-refractivity contribution >= 4 is 15.9 Å². The van der Waals surface area contributed by atoms with Gasteiger partial charge in [-0.3, -0.25) is 4.90 Å². The molecular weight excluding hydrogens is 281 g/mol. The summed E-state index contributed by atoms with van der Waals surface area (Å²) in [5.41, 5.74) is 1.17. The molecule has 3 heteroatoms. The smallest absolute Gasteiger partial charge is 0.137 e. The Balaban J connectivity index is 2.02. The Labute approximate surface area is 111 Å². The quantitative estimate of drug-likeness (QED) is 0.787. The zero-order valence-corrected chi connectivity index (χ0v) is 12.0. The van der Waals surface area contributed by atoms with Crippen molar-refractivity contribution in [3.8, 4) is 0 Å². The van der Waals surface area contributed by atoms with Gasteiger partial charge >= 0.3 is 0 Å². The van der Waals surface area contributed by atoms with E-state index in [-0.39, 0.29) is 5.82 Å². The fourth-order valence-electron chi connectivity index (χ4n) is 1.96. The Kier molecular flexibility index (Phi) is 4.21. The van der Waals surface area contributed by atoms with Gasteiger partial charge in [0.25, 0.3) is 0 Å². The van der Waals surface area contributed by atoms with Crippen LogP contribution in [-0.4, -0.2) is 17.5 Å². The molecule has 0 amide bonds. The minimum atomic E-state index is -0.188. The molecule has 1 aliphatic rings. The highest BCUT2D eigenvalue weighted by Gasteiger charge is 2.25. The molecule has 17 heavy (non-hydrogen) atoms. The van der Waals surface area contributed by atoms with E-state index >= 15 is 0 Å². The average molecular weight is 300 g/mol. The van der Waals surface area contributed by atoms with Crippen molar-refractivity contribution in [3.05, 3.63) is 34.1 Å². The molecule has 1 aliphatic carbocycles. The lowest BCUT2D eigenvalue weighted by Gasteiger charge is -2.26. The predicted molar refractivity (Wildman–Crippen MR) is 72.4 cm³/mol. The van der Waals surface area contributed by atoms with Crippen molar-refractivity contribution in [2.45, 2.75) is 39.3 Å². The first kappa shape index (κ1) is 13.0. The summed E-state index contributed by atoms with van der Waals surface area (Å²) in [6.07, 6.45) is 2.74. The van der Waals surface area contributed by atoms with Crippen molar-refractivity contribution < 1.29 is 4.39 Å². The highest BCUT2D eigenvalue weighted by atomic mass is 79.9. The Bertz CT molecular complexity index is 388. The summed E-state index contributed by atoms with van der Waals surface area (Å²) >= 11 is 3.24. The largest absolute Gasteiger partial charge is 0.296 e. The Morgan fingerprint density at radius 3 is 2.65 bits per heavy atom. The van der Waals surface area contributed by atoms with E-state index < -0.39 is 0 Å². The summed E-state index contributed by atoms with van der Waals surface area (Å²) < 4.78 is 13.7. The number of hydrogen-bond donors (Lipinski definition) is 0. The van der Waals surface area contributed by atoms with Crippen molar-refractivity contribution in [1.29, 1.82) is 0 Å². The van der Waals surface area contributed by atoms with Crippen LogP contribution in [0.1, 0.15) is 32.3 Å². The molecule has 0 unspecified atom stereocenters. The maximum Gasteiger partial charge on any atom is 0.137 e. The second-order valence-corrected chi connectivity index (χ2v) is 6.07. The summed E-state index contributed by atoms with van der Waals surface area (Å²) in [7, 11) is 0. The van der Waals surface area contributed by atoms with E-state index in [1.165, 1.54) is 31.0 Å². The molecule has 1 nitrogen and oxygen atoms in total. The van der Waals surface area contributed by atoms with Crippen molar-refractivity contribution in [2.75, 3.05) is 6.54 Å². The molecule has 0 aromatic heterocycles. The lowest BCUT2D eigenvalue weighted by molar-refractivity contribution is 0.203. The molecule has 0 atom stereocenters. The van der Waals surface area contributed by atoms with E-state index in [1.54, 1.807) is 0 Å². The lowest BCUT2D eigenvalue weighted by atomic mass is 10.1. The van der Waals surface area contributed by atoms with Gasteiger partial charge in [-0.1, -0.05) is 6.07 Å². The van der Waals surface area contributed by atoms with Crippen LogP contribution in [0.5, 0.6) is 0 Å². The third-order valence-electron chi connectivity index (χ3n) is 3.29. The highest BCUT2D eigenvalue weighted by Crippen LogP contribution is 2.31. The molecular formula is C14H19BrFN. The maximum atomic E-state index is 13.2. The number of hydrogen-bond acceptors (Lipinski definition) is 1. The zero-order valence-electron chi connectivity index (χ0n) is 10.4. The van der Waals surface area contributed by atoms with Crippen LogP contribution in [0.3, 0.4) is 0 Å². The first-order valence-corrected chi connectivity index (χ1v) is 7.03. The fourth-order valence-corrected chi connectivity index (χ4v) is 2.39. The van der Waals surface area contributed by atoms with E-state index in [2.05, 4.69) is 34.7 Å². The topological polar surface area (TPSA) is 3.24 Å². The second kappa shape index (κ2) is 5.49. The minimum Gasteiger partial charge on any atom is -0.296 e. The van der Waals surface area contributed by atoms with Crippen LogP contribution < -0.4 is 0 Å². The van der Waals surface area contributed by atoms with Crippen LogP contribution in [0, 0.1) is 11.7 Å². The molecule has 0 saturated heterocycles. The summed E-state index contributed by atoms with van der Waals surface area (Å²) in [6, 6.07) is 5.84. The van der Waals surface area contributed by atoms with Crippen molar-refractivity contribution in [3.63, 3.8) is 0 Å². The van der Waals surface area contributed by atoms with E-state index in [4.69, 9.17) is 0 Å². The molecule has 0 bridgehead atoms. The van der Waals surface area contributed by atoms with Crippen LogP contribution in [0.2, 0.25) is 0 Å². The predicted octanol–water partition coefficient (Wildman–Crippen LogP) is 4.21. The molecule has 2 rings (SSSR count). The van der Waals surface area contributed by atoms with Crippen LogP contribution in [0.15, 0.2) is 22.7 Å². The third-order valence-corrected chi connectivity index (χ3v) is 3.90. The first-order valence-electron chi connectivity index (χ1n) is 6.24. The summed E-state index contributed by atoms with van der Waals surface area (Å²) in [5.74, 6) is 0.702. The van der Waals surface area contributed by atoms with Gasteiger partial charge in [0.2, 0.25) is 0 Å². The second-order valence-electron chi connectivity index (χ2n) is 5.22.